The Morgan fingerprint density at radius 1 is 1.56 bits per heavy atom. The third kappa shape index (κ3) is 3.28. The number of aliphatic hydroxyl groups excluding tert-OH is 1. The van der Waals surface area contributed by atoms with Crippen LogP contribution in [0.5, 0.6) is 0 Å². The van der Waals surface area contributed by atoms with Crippen LogP contribution in [0.2, 0.25) is 0 Å². The first-order valence-corrected chi connectivity index (χ1v) is 4.41. The van der Waals surface area contributed by atoms with Gasteiger partial charge in [-0.1, -0.05) is 0 Å². The summed E-state index contributed by atoms with van der Waals surface area (Å²) >= 11 is 0. The lowest BCUT2D eigenvalue weighted by Gasteiger charge is -2.16. The molecular formula is C7H11N5O4. The third-order valence-electron chi connectivity index (χ3n) is 1.76. The largest absolute Gasteiger partial charge is 0.480 e. The van der Waals surface area contributed by atoms with Crippen LogP contribution >= 0.6 is 0 Å². The van der Waals surface area contributed by atoms with Crippen molar-refractivity contribution in [1.29, 1.82) is 0 Å². The van der Waals surface area contributed by atoms with Gasteiger partial charge in [0.15, 0.2) is 6.04 Å². The van der Waals surface area contributed by atoms with Crippen LogP contribution in [-0.2, 0) is 16.1 Å². The van der Waals surface area contributed by atoms with Gasteiger partial charge in [-0.2, -0.15) is 0 Å². The molecule has 1 aromatic heterocycles. The molecule has 1 rings (SSSR count). The van der Waals surface area contributed by atoms with Crippen molar-refractivity contribution in [2.24, 2.45) is 0 Å². The summed E-state index contributed by atoms with van der Waals surface area (Å²) in [5, 5.41) is 30.0. The number of tetrazole rings is 1. The van der Waals surface area contributed by atoms with Gasteiger partial charge in [0.2, 0.25) is 5.91 Å². The fraction of sp³-hybridized carbons (Fsp3) is 0.571. The average molecular weight is 229 g/mol. The van der Waals surface area contributed by atoms with Crippen molar-refractivity contribution in [1.82, 2.24) is 25.5 Å². The van der Waals surface area contributed by atoms with Gasteiger partial charge in [0, 0.05) is 0 Å². The third-order valence-corrected chi connectivity index (χ3v) is 1.76. The molecule has 0 aromatic carbocycles. The number of amides is 1. The molecular weight excluding hydrogens is 218 g/mol. The molecule has 0 fully saturated rings. The first-order valence-electron chi connectivity index (χ1n) is 4.41. The van der Waals surface area contributed by atoms with Crippen molar-refractivity contribution in [2.45, 2.75) is 25.6 Å². The summed E-state index contributed by atoms with van der Waals surface area (Å²) in [6.45, 7) is 1.07. The molecule has 9 nitrogen and oxygen atoms in total. The number of aliphatic carboxylic acids is 1. The van der Waals surface area contributed by atoms with Gasteiger partial charge >= 0.3 is 5.97 Å². The number of nitrogens with one attached hydrogen (secondary N) is 1. The van der Waals surface area contributed by atoms with Crippen LogP contribution in [0.3, 0.4) is 0 Å². The van der Waals surface area contributed by atoms with E-state index in [1.54, 1.807) is 0 Å². The first kappa shape index (κ1) is 12.0. The Morgan fingerprint density at radius 3 is 2.69 bits per heavy atom. The summed E-state index contributed by atoms with van der Waals surface area (Å²) in [6.07, 6.45) is 0.0351. The molecule has 16 heavy (non-hydrogen) atoms. The number of rotatable bonds is 5. The Kier molecular flexibility index (Phi) is 3.89. The van der Waals surface area contributed by atoms with Gasteiger partial charge in [0.1, 0.15) is 12.9 Å². The van der Waals surface area contributed by atoms with E-state index in [1.165, 1.54) is 13.3 Å². The highest BCUT2D eigenvalue weighted by Gasteiger charge is 2.24. The SMILES string of the molecule is C[C@@H](O)[C@H](NC(=O)Cn1cnnn1)C(=O)O. The Labute approximate surface area is 90.1 Å². The lowest BCUT2D eigenvalue weighted by atomic mass is 10.2. The molecule has 1 aromatic rings. The normalized spacial score (nSPS) is 14.1. The van der Waals surface area contributed by atoms with E-state index in [1.807, 2.05) is 0 Å². The Hall–Kier alpha value is -2.03. The molecule has 0 bridgehead atoms. The Bertz CT molecular complexity index is 363. The van der Waals surface area contributed by atoms with E-state index in [9.17, 15) is 9.59 Å². The minimum absolute atomic E-state index is 0.205. The quantitative estimate of drug-likeness (QED) is 0.514. The molecule has 0 aliphatic carbocycles. The van der Waals surface area contributed by atoms with Crippen molar-refractivity contribution in [3.63, 3.8) is 0 Å². The van der Waals surface area contributed by atoms with E-state index in [2.05, 4.69) is 20.8 Å². The minimum atomic E-state index is -1.34. The standard InChI is InChI=1S/C7H11N5O4/c1-4(13)6(7(15)16)9-5(14)2-12-3-8-10-11-12/h3-4,6,13H,2H2,1H3,(H,9,14)(H,15,16)/t4-,6+/m1/s1. The highest BCUT2D eigenvalue weighted by Crippen LogP contribution is 1.93. The highest BCUT2D eigenvalue weighted by atomic mass is 16.4. The molecule has 0 saturated heterocycles. The summed E-state index contributed by atoms with van der Waals surface area (Å²) < 4.78 is 1.14. The van der Waals surface area contributed by atoms with Crippen molar-refractivity contribution < 1.29 is 19.8 Å². The van der Waals surface area contributed by atoms with Crippen molar-refractivity contribution in [3.8, 4) is 0 Å². The topological polar surface area (TPSA) is 130 Å². The maximum atomic E-state index is 11.3. The number of aromatic nitrogens is 4. The van der Waals surface area contributed by atoms with Crippen molar-refractivity contribution in [3.05, 3.63) is 6.33 Å². The van der Waals surface area contributed by atoms with E-state index >= 15 is 0 Å². The second-order valence-corrected chi connectivity index (χ2v) is 3.13. The van der Waals surface area contributed by atoms with Crippen LogP contribution in [0.4, 0.5) is 0 Å². The predicted molar refractivity (Wildman–Crippen MR) is 49.1 cm³/mol. The first-order chi connectivity index (χ1) is 7.50. The number of carboxylic acids is 1. The molecule has 0 radical (unpaired) electrons. The molecule has 0 aliphatic rings. The number of nitrogens with zero attached hydrogens (tertiary/aromatic N) is 4. The zero-order chi connectivity index (χ0) is 12.1. The van der Waals surface area contributed by atoms with Gasteiger partial charge in [-0.25, -0.2) is 9.48 Å². The van der Waals surface area contributed by atoms with E-state index in [4.69, 9.17) is 10.2 Å². The van der Waals surface area contributed by atoms with Crippen LogP contribution in [0, 0.1) is 0 Å². The minimum Gasteiger partial charge on any atom is -0.480 e. The maximum absolute atomic E-state index is 11.3. The Morgan fingerprint density at radius 2 is 2.25 bits per heavy atom. The monoisotopic (exact) mass is 229 g/mol. The van der Waals surface area contributed by atoms with Crippen LogP contribution in [0.1, 0.15) is 6.92 Å². The van der Waals surface area contributed by atoms with E-state index in [0.29, 0.717) is 0 Å². The number of carbonyl (C=O) groups is 2. The smallest absolute Gasteiger partial charge is 0.328 e. The maximum Gasteiger partial charge on any atom is 0.328 e. The predicted octanol–water partition coefficient (Wildman–Crippen LogP) is -2.38. The average Bonchev–Trinajstić information content (AvgIpc) is 2.65. The molecule has 2 atom stereocenters. The summed E-state index contributed by atoms with van der Waals surface area (Å²) in [5.41, 5.74) is 0. The fourth-order valence-corrected chi connectivity index (χ4v) is 1.01. The van der Waals surface area contributed by atoms with E-state index in [-0.39, 0.29) is 6.54 Å². The van der Waals surface area contributed by atoms with Crippen LogP contribution < -0.4 is 5.32 Å². The molecule has 3 N–H and O–H groups in total. The second-order valence-electron chi connectivity index (χ2n) is 3.13. The highest BCUT2D eigenvalue weighted by molar-refractivity contribution is 5.83. The zero-order valence-electron chi connectivity index (χ0n) is 8.44. The molecule has 0 aliphatic heterocycles. The number of carbonyl (C=O) groups excluding carboxylic acids is 1. The van der Waals surface area contributed by atoms with Crippen LogP contribution in [0.15, 0.2) is 6.33 Å². The summed E-state index contributed by atoms with van der Waals surface area (Å²) in [5.74, 6) is -1.90. The zero-order valence-corrected chi connectivity index (χ0v) is 8.44. The van der Waals surface area contributed by atoms with E-state index < -0.39 is 24.0 Å². The number of hydrogen-bond donors (Lipinski definition) is 3. The molecule has 1 heterocycles. The van der Waals surface area contributed by atoms with Gasteiger partial charge in [0.25, 0.3) is 0 Å². The lowest BCUT2D eigenvalue weighted by Crippen LogP contribution is -2.48. The van der Waals surface area contributed by atoms with Crippen molar-refractivity contribution >= 4 is 11.9 Å². The number of carboxylic acid groups (broad SMARTS) is 1. The van der Waals surface area contributed by atoms with Gasteiger partial charge in [-0.15, -0.1) is 5.10 Å². The number of aliphatic hydroxyl groups is 1. The molecule has 0 saturated carbocycles. The number of hydrogen-bond acceptors (Lipinski definition) is 6. The molecule has 88 valence electrons. The van der Waals surface area contributed by atoms with Gasteiger partial charge in [-0.3, -0.25) is 4.79 Å². The summed E-state index contributed by atoms with van der Waals surface area (Å²) in [7, 11) is 0. The summed E-state index contributed by atoms with van der Waals surface area (Å²) in [4.78, 5) is 22.0. The molecule has 1 amide bonds. The van der Waals surface area contributed by atoms with Crippen LogP contribution in [0.25, 0.3) is 0 Å². The molecule has 0 unspecified atom stereocenters. The molecule has 0 spiro atoms. The van der Waals surface area contributed by atoms with Gasteiger partial charge < -0.3 is 15.5 Å². The summed E-state index contributed by atoms with van der Waals surface area (Å²) in [6, 6.07) is -1.34. The van der Waals surface area contributed by atoms with Crippen molar-refractivity contribution in [2.75, 3.05) is 0 Å². The van der Waals surface area contributed by atoms with Gasteiger partial charge in [-0.05, 0) is 17.4 Å². The van der Waals surface area contributed by atoms with E-state index in [0.717, 1.165) is 4.68 Å². The fourth-order valence-electron chi connectivity index (χ4n) is 1.01. The second kappa shape index (κ2) is 5.16. The molecule has 9 heteroatoms. The van der Waals surface area contributed by atoms with Crippen LogP contribution in [-0.4, -0.2) is 54.4 Å². The lowest BCUT2D eigenvalue weighted by molar-refractivity contribution is -0.144. The van der Waals surface area contributed by atoms with Gasteiger partial charge in [0.05, 0.1) is 6.10 Å². The Balaban J connectivity index is 2.52.